The third kappa shape index (κ3) is 5.53. The highest BCUT2D eigenvalue weighted by Gasteiger charge is 2.21. The van der Waals surface area contributed by atoms with Crippen LogP contribution in [0, 0.1) is 13.8 Å². The number of aryl methyl sites for hydroxylation is 2. The molecule has 0 aliphatic heterocycles. The van der Waals surface area contributed by atoms with E-state index < -0.39 is 9.84 Å². The number of carbonyl (C=O) groups excluding carboxylic acids is 1. The average molecular weight is 523 g/mol. The minimum absolute atomic E-state index is 0.0110. The molecule has 2 aromatic heterocycles. The summed E-state index contributed by atoms with van der Waals surface area (Å²) in [6, 6.07) is 10.8. The Balaban J connectivity index is 1.82. The van der Waals surface area contributed by atoms with Gasteiger partial charge in [-0.05, 0) is 80.4 Å². The van der Waals surface area contributed by atoms with E-state index in [0.29, 0.717) is 24.3 Å². The third-order valence-corrected chi connectivity index (χ3v) is 8.47. The van der Waals surface area contributed by atoms with Gasteiger partial charge in [0.15, 0.2) is 9.84 Å². The van der Waals surface area contributed by atoms with Crippen LogP contribution in [0.25, 0.3) is 33.1 Å². The average Bonchev–Trinajstić information content (AvgIpc) is 3.26. The van der Waals surface area contributed by atoms with E-state index in [4.69, 9.17) is 5.11 Å². The van der Waals surface area contributed by atoms with Gasteiger partial charge in [-0.15, -0.1) is 0 Å². The fraction of sp³-hybridized carbons (Fsp3) is 0.357. The van der Waals surface area contributed by atoms with E-state index in [9.17, 15) is 13.2 Å². The summed E-state index contributed by atoms with van der Waals surface area (Å²) in [4.78, 5) is 23.5. The van der Waals surface area contributed by atoms with Crippen LogP contribution in [-0.4, -0.2) is 73.3 Å². The van der Waals surface area contributed by atoms with E-state index in [1.165, 1.54) is 0 Å². The monoisotopic (exact) mass is 522 g/mol. The molecule has 196 valence electrons. The van der Waals surface area contributed by atoms with Crippen molar-refractivity contribution in [1.29, 1.82) is 0 Å². The van der Waals surface area contributed by atoms with Crippen LogP contribution in [0.5, 0.6) is 0 Å². The number of hydrogen-bond donors (Lipinski definition) is 3. The lowest BCUT2D eigenvalue weighted by Crippen LogP contribution is -2.29. The molecule has 0 aliphatic carbocycles. The number of likely N-dealkylation sites (N-methyl/N-ethyl adjacent to an activating group) is 1. The topological polar surface area (TPSA) is 115 Å². The second-order valence-corrected chi connectivity index (χ2v) is 11.7. The predicted molar refractivity (Wildman–Crippen MR) is 148 cm³/mol. The number of aliphatic hydroxyl groups excluding tert-OH is 1. The van der Waals surface area contributed by atoms with Gasteiger partial charge in [0, 0.05) is 35.6 Å². The maximum atomic E-state index is 13.3. The standard InChI is InChI=1S/C28H34N4O4S/c1-5-37(35,36)21-9-6-8-20(15-21)23-16-22(28(34)29-10-7-11-32(4)12-13-33)19(3)26-25(23)24-14-18(2)17-30-27(24)31-26/h6,8-9,14-17,33H,5,7,10-13H2,1-4H3,(H,29,34)(H,30,31). The van der Waals surface area contributed by atoms with Gasteiger partial charge in [0.2, 0.25) is 0 Å². The lowest BCUT2D eigenvalue weighted by molar-refractivity contribution is 0.0951. The summed E-state index contributed by atoms with van der Waals surface area (Å²) in [7, 11) is -1.47. The lowest BCUT2D eigenvalue weighted by Gasteiger charge is -2.16. The van der Waals surface area contributed by atoms with Gasteiger partial charge in [-0.1, -0.05) is 19.1 Å². The molecule has 0 saturated carbocycles. The molecule has 2 heterocycles. The smallest absolute Gasteiger partial charge is 0.251 e. The molecule has 0 saturated heterocycles. The van der Waals surface area contributed by atoms with E-state index in [1.54, 1.807) is 31.3 Å². The number of aromatic amines is 1. The summed E-state index contributed by atoms with van der Waals surface area (Å²) < 4.78 is 25.2. The number of amides is 1. The molecule has 0 aliphatic rings. The van der Waals surface area contributed by atoms with Crippen LogP contribution >= 0.6 is 0 Å². The van der Waals surface area contributed by atoms with Crippen LogP contribution < -0.4 is 5.32 Å². The van der Waals surface area contributed by atoms with Gasteiger partial charge < -0.3 is 20.3 Å². The highest BCUT2D eigenvalue weighted by molar-refractivity contribution is 7.91. The van der Waals surface area contributed by atoms with Gasteiger partial charge in [0.05, 0.1) is 22.8 Å². The van der Waals surface area contributed by atoms with E-state index >= 15 is 0 Å². The zero-order valence-electron chi connectivity index (χ0n) is 21.8. The van der Waals surface area contributed by atoms with Crippen molar-refractivity contribution in [1.82, 2.24) is 20.2 Å². The van der Waals surface area contributed by atoms with Gasteiger partial charge in [0.1, 0.15) is 5.65 Å². The van der Waals surface area contributed by atoms with Crippen molar-refractivity contribution in [3.05, 3.63) is 59.3 Å². The van der Waals surface area contributed by atoms with Gasteiger partial charge in [-0.2, -0.15) is 0 Å². The van der Waals surface area contributed by atoms with Crippen molar-refractivity contribution >= 4 is 37.7 Å². The highest BCUT2D eigenvalue weighted by atomic mass is 32.2. The molecule has 0 radical (unpaired) electrons. The number of pyridine rings is 1. The largest absolute Gasteiger partial charge is 0.395 e. The number of H-pyrrole nitrogens is 1. The SMILES string of the molecule is CCS(=O)(=O)c1cccc(-c2cc(C(=O)NCCCN(C)CCO)c(C)c3[nH]c4ncc(C)cc4c23)c1. The molecule has 9 heteroatoms. The van der Waals surface area contributed by atoms with Crippen LogP contribution in [0.1, 0.15) is 34.8 Å². The Morgan fingerprint density at radius 2 is 1.95 bits per heavy atom. The molecule has 0 fully saturated rings. The minimum atomic E-state index is -3.40. The Labute approximate surface area is 217 Å². The van der Waals surface area contributed by atoms with Crippen molar-refractivity contribution in [2.24, 2.45) is 0 Å². The van der Waals surface area contributed by atoms with Crippen molar-refractivity contribution in [2.75, 3.05) is 39.0 Å². The van der Waals surface area contributed by atoms with Crippen LogP contribution in [0.2, 0.25) is 0 Å². The van der Waals surface area contributed by atoms with Gasteiger partial charge in [0.25, 0.3) is 5.91 Å². The second kappa shape index (κ2) is 11.0. The summed E-state index contributed by atoms with van der Waals surface area (Å²) in [6.45, 7) is 7.47. The van der Waals surface area contributed by atoms with Crippen molar-refractivity contribution in [2.45, 2.75) is 32.1 Å². The van der Waals surface area contributed by atoms with E-state index in [-0.39, 0.29) is 23.2 Å². The van der Waals surface area contributed by atoms with Gasteiger partial charge in [-0.25, -0.2) is 13.4 Å². The third-order valence-electron chi connectivity index (χ3n) is 6.74. The second-order valence-electron chi connectivity index (χ2n) is 9.45. The fourth-order valence-corrected chi connectivity index (χ4v) is 5.54. The number of rotatable bonds is 10. The molecular weight excluding hydrogens is 488 g/mol. The summed E-state index contributed by atoms with van der Waals surface area (Å²) in [5.41, 5.74) is 5.36. The number of aromatic nitrogens is 2. The quantitative estimate of drug-likeness (QED) is 0.273. The molecule has 0 unspecified atom stereocenters. The number of aliphatic hydroxyl groups is 1. The lowest BCUT2D eigenvalue weighted by atomic mass is 9.93. The first kappa shape index (κ1) is 26.8. The van der Waals surface area contributed by atoms with Crippen LogP contribution in [0.3, 0.4) is 0 Å². The predicted octanol–water partition coefficient (Wildman–Crippen LogP) is 3.84. The summed E-state index contributed by atoms with van der Waals surface area (Å²) in [5.74, 6) is -0.178. The molecule has 37 heavy (non-hydrogen) atoms. The molecule has 4 rings (SSSR count). The maximum Gasteiger partial charge on any atom is 0.251 e. The van der Waals surface area contributed by atoms with Crippen LogP contribution in [0.4, 0.5) is 0 Å². The number of hydrogen-bond acceptors (Lipinski definition) is 6. The molecule has 3 N–H and O–H groups in total. The molecule has 0 spiro atoms. The van der Waals surface area contributed by atoms with Gasteiger partial charge in [-0.3, -0.25) is 4.79 Å². The number of sulfone groups is 1. The number of nitrogens with one attached hydrogen (secondary N) is 2. The Kier molecular flexibility index (Phi) is 7.96. The Morgan fingerprint density at radius 3 is 2.68 bits per heavy atom. The summed E-state index contributed by atoms with van der Waals surface area (Å²) >= 11 is 0. The van der Waals surface area contributed by atoms with E-state index in [0.717, 1.165) is 51.5 Å². The molecule has 1 amide bonds. The normalized spacial score (nSPS) is 12.1. The summed E-state index contributed by atoms with van der Waals surface area (Å²) in [6.07, 6.45) is 2.55. The molecule has 0 bridgehead atoms. The highest BCUT2D eigenvalue weighted by Crippen LogP contribution is 2.38. The Bertz CT molecular complexity index is 1560. The Morgan fingerprint density at radius 1 is 1.16 bits per heavy atom. The molecule has 0 atom stereocenters. The van der Waals surface area contributed by atoms with Crippen molar-refractivity contribution in [3.8, 4) is 11.1 Å². The zero-order chi connectivity index (χ0) is 26.7. The zero-order valence-corrected chi connectivity index (χ0v) is 22.6. The number of nitrogens with zero attached hydrogens (tertiary/aromatic N) is 2. The van der Waals surface area contributed by atoms with Crippen LogP contribution in [0.15, 0.2) is 47.5 Å². The summed E-state index contributed by atoms with van der Waals surface area (Å²) in [5, 5.41) is 13.9. The number of benzene rings is 2. The van der Waals surface area contributed by atoms with E-state index in [2.05, 4.69) is 21.4 Å². The van der Waals surface area contributed by atoms with Crippen LogP contribution in [-0.2, 0) is 9.84 Å². The maximum absolute atomic E-state index is 13.3. The fourth-order valence-electron chi connectivity index (χ4n) is 4.61. The van der Waals surface area contributed by atoms with Crippen molar-refractivity contribution in [3.63, 3.8) is 0 Å². The first-order valence-corrected chi connectivity index (χ1v) is 14.1. The van der Waals surface area contributed by atoms with Gasteiger partial charge >= 0.3 is 0 Å². The molecule has 2 aromatic carbocycles. The minimum Gasteiger partial charge on any atom is -0.395 e. The molecular formula is C28H34N4O4S. The first-order valence-electron chi connectivity index (χ1n) is 12.5. The molecule has 4 aromatic rings. The molecule has 8 nitrogen and oxygen atoms in total. The number of carbonyl (C=O) groups is 1. The Hall–Kier alpha value is -3.27. The number of fused-ring (bicyclic) bond motifs is 3. The van der Waals surface area contributed by atoms with Crippen molar-refractivity contribution < 1.29 is 18.3 Å². The first-order chi connectivity index (χ1) is 17.7. The van der Waals surface area contributed by atoms with E-state index in [1.807, 2.05) is 37.9 Å².